The number of unbranched alkanes of at least 4 members (excludes halogenated alkanes) is 1. The minimum atomic E-state index is -5.71. The third-order valence-electron chi connectivity index (χ3n) is 6.80. The monoisotopic (exact) mass is 572 g/mol. The molecule has 0 saturated heterocycles. The third-order valence-corrected chi connectivity index (χ3v) is 7.78. The summed E-state index contributed by atoms with van der Waals surface area (Å²) < 4.78 is 64.8. The predicted molar refractivity (Wildman–Crippen MR) is 146 cm³/mol. The van der Waals surface area contributed by atoms with E-state index >= 15 is 0 Å². The van der Waals surface area contributed by atoms with Crippen molar-refractivity contribution < 1.29 is 30.6 Å². The summed E-state index contributed by atoms with van der Waals surface area (Å²) in [7, 11) is -5.71. The zero-order valence-corrected chi connectivity index (χ0v) is 22.2. The molecule has 0 fully saturated rings. The number of carbonyl (C=O) groups excluding carboxylic acids is 1. The van der Waals surface area contributed by atoms with Gasteiger partial charge < -0.3 is 14.5 Å². The van der Waals surface area contributed by atoms with Crippen molar-refractivity contribution in [3.63, 3.8) is 0 Å². The number of benzene rings is 2. The molecule has 1 aliphatic heterocycles. The number of carbonyl (C=O) groups is 1. The van der Waals surface area contributed by atoms with E-state index in [-0.39, 0.29) is 11.7 Å². The number of fused-ring (bicyclic) bond motifs is 4. The lowest BCUT2D eigenvalue weighted by molar-refractivity contribution is -0.116. The van der Waals surface area contributed by atoms with Crippen molar-refractivity contribution in [1.82, 2.24) is 20.2 Å². The molecule has 1 aliphatic rings. The maximum Gasteiger partial charge on any atom is 0.534 e. The zero-order valence-electron chi connectivity index (χ0n) is 21.4. The van der Waals surface area contributed by atoms with E-state index in [2.05, 4.69) is 24.4 Å². The molecule has 1 amide bonds. The molecular weight excluding hydrogens is 545 g/mol. The second kappa shape index (κ2) is 11.3. The molecule has 4 aromatic rings. The van der Waals surface area contributed by atoms with Gasteiger partial charge in [0.05, 0.1) is 0 Å². The van der Waals surface area contributed by atoms with Gasteiger partial charge >= 0.3 is 15.6 Å². The van der Waals surface area contributed by atoms with Crippen LogP contribution in [0.2, 0.25) is 0 Å². The van der Waals surface area contributed by atoms with E-state index in [4.69, 9.17) is 0 Å². The number of pyridine rings is 1. The standard InChI is InChI=1S/C28H27F3N4O4S/c29-28(30,31)40(37,38)39-22-10-8-19-12-16-35(18-21(19)17-22)15-2-1-13-32-25(36)11-9-20-5-3-7-24-26(20)23-6-4-14-33-27(23)34-24/h3-11,14,17H,1-2,12-13,15-16,18H2,(H,32,36)(H,33,34). The number of aromatic nitrogens is 2. The van der Waals surface area contributed by atoms with Crippen LogP contribution in [0.25, 0.3) is 28.0 Å². The van der Waals surface area contributed by atoms with Crippen LogP contribution < -0.4 is 9.50 Å². The van der Waals surface area contributed by atoms with Gasteiger partial charge in [-0.2, -0.15) is 21.6 Å². The van der Waals surface area contributed by atoms with Crippen molar-refractivity contribution in [1.29, 1.82) is 0 Å². The minimum Gasteiger partial charge on any atom is -0.376 e. The van der Waals surface area contributed by atoms with E-state index < -0.39 is 15.6 Å². The van der Waals surface area contributed by atoms with Crippen LogP contribution in [0.15, 0.2) is 60.8 Å². The average molecular weight is 573 g/mol. The van der Waals surface area contributed by atoms with Crippen LogP contribution in [0, 0.1) is 0 Å². The highest BCUT2D eigenvalue weighted by Crippen LogP contribution is 2.30. The molecule has 2 aromatic heterocycles. The Hall–Kier alpha value is -3.90. The summed E-state index contributed by atoms with van der Waals surface area (Å²) >= 11 is 0. The first kappa shape index (κ1) is 27.7. The lowest BCUT2D eigenvalue weighted by Gasteiger charge is -2.29. The second-order valence-electron chi connectivity index (χ2n) is 9.57. The van der Waals surface area contributed by atoms with E-state index in [1.54, 1.807) is 18.3 Å². The highest BCUT2D eigenvalue weighted by Gasteiger charge is 2.48. The van der Waals surface area contributed by atoms with Crippen molar-refractivity contribution >= 4 is 44.0 Å². The third kappa shape index (κ3) is 6.13. The summed E-state index contributed by atoms with van der Waals surface area (Å²) in [5, 5.41) is 4.90. The number of amides is 1. The van der Waals surface area contributed by atoms with Crippen LogP contribution in [0.4, 0.5) is 13.2 Å². The molecule has 0 unspecified atom stereocenters. The lowest BCUT2D eigenvalue weighted by atomic mass is 9.99. The van der Waals surface area contributed by atoms with Gasteiger partial charge in [-0.05, 0) is 78.9 Å². The van der Waals surface area contributed by atoms with Gasteiger partial charge in [-0.25, -0.2) is 4.98 Å². The molecule has 8 nitrogen and oxygen atoms in total. The Morgan fingerprint density at radius 1 is 1.12 bits per heavy atom. The van der Waals surface area contributed by atoms with E-state index in [1.807, 2.05) is 30.3 Å². The second-order valence-corrected chi connectivity index (χ2v) is 11.1. The van der Waals surface area contributed by atoms with Crippen LogP contribution in [0.3, 0.4) is 0 Å². The molecule has 0 bridgehead atoms. The van der Waals surface area contributed by atoms with Gasteiger partial charge in [0.1, 0.15) is 11.4 Å². The number of hydrogen-bond acceptors (Lipinski definition) is 6. The van der Waals surface area contributed by atoms with Crippen LogP contribution >= 0.6 is 0 Å². The molecule has 0 saturated carbocycles. The fourth-order valence-corrected chi connectivity index (χ4v) is 5.30. The first-order valence-electron chi connectivity index (χ1n) is 12.8. The normalized spacial score (nSPS) is 14.6. The molecule has 0 radical (unpaired) electrons. The number of rotatable bonds is 9. The molecular formula is C28H27F3N4O4S. The van der Waals surface area contributed by atoms with E-state index in [1.165, 1.54) is 18.2 Å². The summed E-state index contributed by atoms with van der Waals surface area (Å²) in [5.41, 5.74) is -1.13. The number of alkyl halides is 3. The topological polar surface area (TPSA) is 104 Å². The smallest absolute Gasteiger partial charge is 0.376 e. The minimum absolute atomic E-state index is 0.191. The molecule has 3 heterocycles. The lowest BCUT2D eigenvalue weighted by Crippen LogP contribution is -2.32. The summed E-state index contributed by atoms with van der Waals surface area (Å²) in [6.07, 6.45) is 7.29. The van der Waals surface area contributed by atoms with Crippen LogP contribution in [0.5, 0.6) is 5.75 Å². The van der Waals surface area contributed by atoms with Gasteiger partial charge in [-0.15, -0.1) is 0 Å². The molecule has 5 rings (SSSR count). The molecule has 2 aromatic carbocycles. The number of H-pyrrole nitrogens is 1. The van der Waals surface area contributed by atoms with E-state index in [0.29, 0.717) is 19.5 Å². The Morgan fingerprint density at radius 2 is 1.98 bits per heavy atom. The number of aromatic amines is 1. The molecule has 40 heavy (non-hydrogen) atoms. The Kier molecular flexibility index (Phi) is 7.81. The first-order valence-corrected chi connectivity index (χ1v) is 14.2. The highest BCUT2D eigenvalue weighted by atomic mass is 32.2. The quantitative estimate of drug-likeness (QED) is 0.128. The molecule has 210 valence electrons. The number of nitrogens with one attached hydrogen (secondary N) is 2. The largest absolute Gasteiger partial charge is 0.534 e. The van der Waals surface area contributed by atoms with Gasteiger partial charge in [-0.1, -0.05) is 18.2 Å². The van der Waals surface area contributed by atoms with Gasteiger partial charge in [0.15, 0.2) is 0 Å². The first-order chi connectivity index (χ1) is 19.1. The maximum atomic E-state index is 12.6. The summed E-state index contributed by atoms with van der Waals surface area (Å²) in [6, 6.07) is 13.9. The molecule has 2 N–H and O–H groups in total. The van der Waals surface area contributed by atoms with Crippen molar-refractivity contribution in [3.8, 4) is 5.75 Å². The van der Waals surface area contributed by atoms with Gasteiger partial charge in [0, 0.05) is 48.2 Å². The fourth-order valence-electron chi connectivity index (χ4n) is 4.85. The molecule has 12 heteroatoms. The predicted octanol–water partition coefficient (Wildman–Crippen LogP) is 4.91. The van der Waals surface area contributed by atoms with E-state index in [0.717, 1.165) is 64.6 Å². The molecule has 0 aliphatic carbocycles. The van der Waals surface area contributed by atoms with Crippen molar-refractivity contribution in [2.75, 3.05) is 19.6 Å². The zero-order chi connectivity index (χ0) is 28.3. The Labute approximate surface area is 229 Å². The van der Waals surface area contributed by atoms with Crippen LogP contribution in [-0.2, 0) is 27.9 Å². The van der Waals surface area contributed by atoms with Crippen LogP contribution in [-0.4, -0.2) is 54.3 Å². The number of hydrogen-bond donors (Lipinski definition) is 2. The van der Waals surface area contributed by atoms with Gasteiger partial charge in [0.25, 0.3) is 0 Å². The summed E-state index contributed by atoms with van der Waals surface area (Å²) in [6.45, 7) is 2.48. The molecule has 0 spiro atoms. The van der Waals surface area contributed by atoms with Gasteiger partial charge in [-0.3, -0.25) is 9.69 Å². The Balaban J connectivity index is 1.09. The summed E-state index contributed by atoms with van der Waals surface area (Å²) in [5.74, 6) is -0.547. The van der Waals surface area contributed by atoms with Crippen molar-refractivity contribution in [3.05, 3.63) is 77.5 Å². The van der Waals surface area contributed by atoms with Crippen LogP contribution in [0.1, 0.15) is 29.5 Å². The van der Waals surface area contributed by atoms with Gasteiger partial charge in [0.2, 0.25) is 5.91 Å². The summed E-state index contributed by atoms with van der Waals surface area (Å²) in [4.78, 5) is 22.2. The number of halogens is 3. The SMILES string of the molecule is O=C(C=Cc1cccc2[nH]c3ncccc3c12)NCCCCN1CCc2ccc(OS(=O)(=O)C(F)(F)F)cc2C1. The number of nitrogens with zero attached hydrogens (tertiary/aromatic N) is 2. The van der Waals surface area contributed by atoms with Crippen molar-refractivity contribution in [2.24, 2.45) is 0 Å². The van der Waals surface area contributed by atoms with Crippen molar-refractivity contribution in [2.45, 2.75) is 31.3 Å². The highest BCUT2D eigenvalue weighted by molar-refractivity contribution is 7.88. The van der Waals surface area contributed by atoms with E-state index in [9.17, 15) is 26.4 Å². The fraction of sp³-hybridized carbons (Fsp3) is 0.286. The average Bonchev–Trinajstić information content (AvgIpc) is 3.30. The Morgan fingerprint density at radius 3 is 2.80 bits per heavy atom. The maximum absolute atomic E-state index is 12.6. The molecule has 0 atom stereocenters. The Bertz CT molecular complexity index is 1680.